The molecule has 0 atom stereocenters. The summed E-state index contributed by atoms with van der Waals surface area (Å²) in [6.45, 7) is 6.61. The molecule has 1 amide bonds. The van der Waals surface area contributed by atoms with E-state index in [4.69, 9.17) is 4.74 Å². The number of nitrogens with one attached hydrogen (secondary N) is 1. The standard InChI is InChI=1S/C20H20N2O2S/c1-4-24-17-11-6-5-9-15(17)12-18-19(23)22-20(25-18)21-16-10-7-8-13(2)14(16)3/h5-12H,4H2,1-3H3,(H,21,22,23)/b18-12-. The monoisotopic (exact) mass is 352 g/mol. The summed E-state index contributed by atoms with van der Waals surface area (Å²) in [6, 6.07) is 13.7. The number of aryl methyl sites for hydroxylation is 1. The first-order valence-corrected chi connectivity index (χ1v) is 8.97. The lowest BCUT2D eigenvalue weighted by molar-refractivity contribution is -0.115. The van der Waals surface area contributed by atoms with Gasteiger partial charge in [0.05, 0.1) is 17.2 Å². The molecule has 1 aliphatic heterocycles. The number of hydrogen-bond donors (Lipinski definition) is 1. The molecular formula is C20H20N2O2S. The zero-order chi connectivity index (χ0) is 17.8. The number of aliphatic imine (C=N–C) groups is 1. The van der Waals surface area contributed by atoms with Crippen LogP contribution in [0.4, 0.5) is 5.69 Å². The molecule has 1 saturated heterocycles. The van der Waals surface area contributed by atoms with Crippen molar-refractivity contribution in [1.29, 1.82) is 0 Å². The summed E-state index contributed by atoms with van der Waals surface area (Å²) in [5.74, 6) is 0.631. The predicted molar refractivity (Wildman–Crippen MR) is 104 cm³/mol. The molecule has 0 spiro atoms. The van der Waals surface area contributed by atoms with Gasteiger partial charge in [-0.25, -0.2) is 4.99 Å². The Hall–Kier alpha value is -2.53. The van der Waals surface area contributed by atoms with Gasteiger partial charge in [0, 0.05) is 5.56 Å². The molecule has 0 radical (unpaired) electrons. The molecule has 5 heteroatoms. The van der Waals surface area contributed by atoms with E-state index in [-0.39, 0.29) is 5.91 Å². The molecule has 128 valence electrons. The number of thioether (sulfide) groups is 1. The van der Waals surface area contributed by atoms with Crippen LogP contribution < -0.4 is 10.1 Å². The Balaban J connectivity index is 1.88. The highest BCUT2D eigenvalue weighted by molar-refractivity contribution is 8.18. The molecule has 2 aromatic carbocycles. The first kappa shape index (κ1) is 17.3. The smallest absolute Gasteiger partial charge is 0.264 e. The number of amides is 1. The van der Waals surface area contributed by atoms with Crippen LogP contribution in [0.5, 0.6) is 5.75 Å². The van der Waals surface area contributed by atoms with Gasteiger partial charge in [0.2, 0.25) is 0 Å². The van der Waals surface area contributed by atoms with Gasteiger partial charge in [-0.3, -0.25) is 4.79 Å². The lowest BCUT2D eigenvalue weighted by Gasteiger charge is -2.06. The maximum atomic E-state index is 12.3. The van der Waals surface area contributed by atoms with Crippen LogP contribution in [0, 0.1) is 13.8 Å². The van der Waals surface area contributed by atoms with E-state index in [0.717, 1.165) is 22.6 Å². The third-order valence-electron chi connectivity index (χ3n) is 3.95. The summed E-state index contributed by atoms with van der Waals surface area (Å²) >= 11 is 1.34. The number of para-hydroxylation sites is 1. The van der Waals surface area contributed by atoms with Gasteiger partial charge < -0.3 is 10.1 Å². The minimum absolute atomic E-state index is 0.139. The van der Waals surface area contributed by atoms with Crippen molar-refractivity contribution in [2.24, 2.45) is 4.99 Å². The van der Waals surface area contributed by atoms with Crippen LogP contribution in [-0.2, 0) is 4.79 Å². The summed E-state index contributed by atoms with van der Waals surface area (Å²) in [6.07, 6.45) is 1.84. The Bertz CT molecular complexity index is 872. The van der Waals surface area contributed by atoms with E-state index < -0.39 is 0 Å². The first-order valence-electron chi connectivity index (χ1n) is 8.16. The molecule has 0 bridgehead atoms. The number of ether oxygens (including phenoxy) is 1. The minimum atomic E-state index is -0.139. The number of benzene rings is 2. The molecule has 0 unspecified atom stereocenters. The van der Waals surface area contributed by atoms with Gasteiger partial charge >= 0.3 is 0 Å². The number of hydrogen-bond acceptors (Lipinski definition) is 4. The highest BCUT2D eigenvalue weighted by atomic mass is 32.2. The normalized spacial score (nSPS) is 17.2. The second-order valence-electron chi connectivity index (χ2n) is 5.67. The second-order valence-corrected chi connectivity index (χ2v) is 6.70. The number of nitrogens with zero attached hydrogens (tertiary/aromatic N) is 1. The Labute approximate surface area is 152 Å². The molecule has 0 aliphatic carbocycles. The van der Waals surface area contributed by atoms with Crippen LogP contribution in [0.1, 0.15) is 23.6 Å². The molecule has 0 saturated carbocycles. The SMILES string of the molecule is CCOc1ccccc1/C=C1\SC(=Nc2cccc(C)c2C)NC1=O. The van der Waals surface area contributed by atoms with Crippen LogP contribution in [0.25, 0.3) is 6.08 Å². The van der Waals surface area contributed by atoms with Gasteiger partial charge in [0.1, 0.15) is 5.75 Å². The fourth-order valence-corrected chi connectivity index (χ4v) is 3.30. The van der Waals surface area contributed by atoms with E-state index in [1.54, 1.807) is 0 Å². The average molecular weight is 352 g/mol. The fourth-order valence-electron chi connectivity index (χ4n) is 2.47. The van der Waals surface area contributed by atoms with Crippen LogP contribution in [-0.4, -0.2) is 17.7 Å². The summed E-state index contributed by atoms with van der Waals surface area (Å²) in [4.78, 5) is 17.5. The first-order chi connectivity index (χ1) is 12.1. The van der Waals surface area contributed by atoms with Crippen LogP contribution in [0.3, 0.4) is 0 Å². The number of carbonyl (C=O) groups is 1. The molecule has 1 heterocycles. The van der Waals surface area contributed by atoms with Crippen molar-refractivity contribution in [3.8, 4) is 5.75 Å². The summed E-state index contributed by atoms with van der Waals surface area (Å²) < 4.78 is 5.62. The van der Waals surface area contributed by atoms with E-state index in [2.05, 4.69) is 23.3 Å². The quantitative estimate of drug-likeness (QED) is 0.819. The number of carbonyl (C=O) groups excluding carboxylic acids is 1. The lowest BCUT2D eigenvalue weighted by atomic mass is 10.1. The average Bonchev–Trinajstić information content (AvgIpc) is 2.93. The summed E-state index contributed by atoms with van der Waals surface area (Å²) in [5.41, 5.74) is 4.05. The van der Waals surface area contributed by atoms with Gasteiger partial charge in [-0.15, -0.1) is 0 Å². The number of amidine groups is 1. The zero-order valence-electron chi connectivity index (χ0n) is 14.5. The van der Waals surface area contributed by atoms with E-state index in [9.17, 15) is 4.79 Å². The van der Waals surface area contributed by atoms with Crippen molar-refractivity contribution in [1.82, 2.24) is 5.32 Å². The Morgan fingerprint density at radius 1 is 1.16 bits per heavy atom. The van der Waals surface area contributed by atoms with Crippen molar-refractivity contribution in [3.63, 3.8) is 0 Å². The third-order valence-corrected chi connectivity index (χ3v) is 4.86. The molecule has 1 N–H and O–H groups in total. The van der Waals surface area contributed by atoms with E-state index >= 15 is 0 Å². The van der Waals surface area contributed by atoms with Gasteiger partial charge in [0.25, 0.3) is 5.91 Å². The minimum Gasteiger partial charge on any atom is -0.493 e. The van der Waals surface area contributed by atoms with Crippen LogP contribution in [0.15, 0.2) is 52.4 Å². The van der Waals surface area contributed by atoms with E-state index in [1.807, 2.05) is 56.3 Å². The number of rotatable bonds is 4. The van der Waals surface area contributed by atoms with Crippen molar-refractivity contribution >= 4 is 34.6 Å². The molecule has 1 fully saturated rings. The van der Waals surface area contributed by atoms with Gasteiger partial charge in [-0.1, -0.05) is 30.3 Å². The predicted octanol–water partition coefficient (Wildman–Crippen LogP) is 4.59. The van der Waals surface area contributed by atoms with Crippen LogP contribution >= 0.6 is 11.8 Å². The Morgan fingerprint density at radius 2 is 1.96 bits per heavy atom. The third kappa shape index (κ3) is 3.94. The van der Waals surface area contributed by atoms with E-state index in [1.165, 1.54) is 17.3 Å². The van der Waals surface area contributed by atoms with Gasteiger partial charge in [0.15, 0.2) is 5.17 Å². The highest BCUT2D eigenvalue weighted by Crippen LogP contribution is 2.31. The molecule has 3 rings (SSSR count). The Kier molecular flexibility index (Phi) is 5.24. The maximum absolute atomic E-state index is 12.3. The second kappa shape index (κ2) is 7.57. The summed E-state index contributed by atoms with van der Waals surface area (Å²) in [7, 11) is 0. The van der Waals surface area contributed by atoms with Crippen molar-refractivity contribution in [2.75, 3.05) is 6.61 Å². The largest absolute Gasteiger partial charge is 0.493 e. The molecular weight excluding hydrogens is 332 g/mol. The van der Waals surface area contributed by atoms with Crippen molar-refractivity contribution in [3.05, 3.63) is 64.1 Å². The van der Waals surface area contributed by atoms with Crippen molar-refractivity contribution < 1.29 is 9.53 Å². The molecule has 0 aromatic heterocycles. The Morgan fingerprint density at radius 3 is 2.76 bits per heavy atom. The molecule has 1 aliphatic rings. The van der Waals surface area contributed by atoms with Gasteiger partial charge in [-0.05, 0) is 61.9 Å². The summed E-state index contributed by atoms with van der Waals surface area (Å²) in [5, 5.41) is 3.43. The van der Waals surface area contributed by atoms with Gasteiger partial charge in [-0.2, -0.15) is 0 Å². The topological polar surface area (TPSA) is 50.7 Å². The lowest BCUT2D eigenvalue weighted by Crippen LogP contribution is -2.19. The van der Waals surface area contributed by atoms with Crippen molar-refractivity contribution in [2.45, 2.75) is 20.8 Å². The molecule has 2 aromatic rings. The maximum Gasteiger partial charge on any atom is 0.264 e. The highest BCUT2D eigenvalue weighted by Gasteiger charge is 2.24. The zero-order valence-corrected chi connectivity index (χ0v) is 15.3. The fraction of sp³-hybridized carbons (Fsp3) is 0.200. The molecule has 4 nitrogen and oxygen atoms in total. The van der Waals surface area contributed by atoms with E-state index in [0.29, 0.717) is 16.7 Å². The molecule has 25 heavy (non-hydrogen) atoms. The van der Waals surface area contributed by atoms with Crippen LogP contribution in [0.2, 0.25) is 0 Å².